The molecule has 0 saturated heterocycles. The molecule has 0 saturated carbocycles. The summed E-state index contributed by atoms with van der Waals surface area (Å²) in [6.07, 6.45) is 3.95. The minimum Gasteiger partial charge on any atom is -0.288 e. The summed E-state index contributed by atoms with van der Waals surface area (Å²) >= 11 is 0. The molecule has 0 aliphatic heterocycles. The van der Waals surface area contributed by atoms with Gasteiger partial charge in [0.2, 0.25) is 0 Å². The average Bonchev–Trinajstić information content (AvgIpc) is 2.45. The van der Waals surface area contributed by atoms with E-state index in [-0.39, 0.29) is 5.41 Å². The molecule has 0 aromatic carbocycles. The Kier molecular flexibility index (Phi) is 1.80. The van der Waals surface area contributed by atoms with Crippen LogP contribution in [0.4, 0.5) is 0 Å². The van der Waals surface area contributed by atoms with Crippen LogP contribution in [0.3, 0.4) is 0 Å². The molecule has 0 aliphatic rings. The van der Waals surface area contributed by atoms with E-state index in [1.54, 1.807) is 0 Å². The number of hydrogen-bond donors (Lipinski definition) is 0. The predicted molar refractivity (Wildman–Crippen MR) is 54.2 cm³/mol. The first kappa shape index (κ1) is 9.12. The highest BCUT2D eigenvalue weighted by Crippen LogP contribution is 2.20. The van der Waals surface area contributed by atoms with Crippen LogP contribution in [0.5, 0.6) is 0 Å². The Balaban J connectivity index is 2.63. The van der Waals surface area contributed by atoms with Crippen LogP contribution in [0, 0.1) is 6.92 Å². The molecule has 0 amide bonds. The zero-order valence-corrected chi connectivity index (χ0v) is 8.94. The zero-order chi connectivity index (χ0) is 10.3. The van der Waals surface area contributed by atoms with Crippen molar-refractivity contribution in [3.05, 3.63) is 23.8 Å². The zero-order valence-electron chi connectivity index (χ0n) is 8.94. The van der Waals surface area contributed by atoms with E-state index in [1.807, 2.05) is 23.7 Å². The smallest absolute Gasteiger partial charge is 0.253 e. The van der Waals surface area contributed by atoms with Crippen molar-refractivity contribution in [2.24, 2.45) is 0 Å². The van der Waals surface area contributed by atoms with E-state index in [9.17, 15) is 0 Å². The van der Waals surface area contributed by atoms with Gasteiger partial charge in [0.05, 0.1) is 11.4 Å². The van der Waals surface area contributed by atoms with Gasteiger partial charge in [-0.15, -0.1) is 5.10 Å². The summed E-state index contributed by atoms with van der Waals surface area (Å²) in [5.41, 5.74) is 1.99. The summed E-state index contributed by atoms with van der Waals surface area (Å²) in [6, 6.07) is 0. The van der Waals surface area contributed by atoms with Crippen molar-refractivity contribution in [2.75, 3.05) is 0 Å². The molecule has 74 valence electrons. The molecule has 0 aliphatic carbocycles. The minimum atomic E-state index is 0.0571. The molecule has 4 heteroatoms. The Labute approximate surface area is 83.0 Å². The van der Waals surface area contributed by atoms with Crippen LogP contribution >= 0.6 is 0 Å². The van der Waals surface area contributed by atoms with Gasteiger partial charge in [-0.05, 0) is 6.92 Å². The Hall–Kier alpha value is -1.45. The largest absolute Gasteiger partial charge is 0.288 e. The van der Waals surface area contributed by atoms with E-state index in [4.69, 9.17) is 0 Å². The van der Waals surface area contributed by atoms with Gasteiger partial charge in [-0.25, -0.2) is 4.98 Å². The second-order valence-electron chi connectivity index (χ2n) is 4.55. The van der Waals surface area contributed by atoms with Crippen LogP contribution in [-0.2, 0) is 5.41 Å². The van der Waals surface area contributed by atoms with E-state index in [0.717, 1.165) is 11.4 Å². The van der Waals surface area contributed by atoms with E-state index >= 15 is 0 Å². The van der Waals surface area contributed by atoms with Gasteiger partial charge < -0.3 is 0 Å². The quantitative estimate of drug-likeness (QED) is 0.635. The van der Waals surface area contributed by atoms with Crippen molar-refractivity contribution in [1.29, 1.82) is 0 Å². The van der Waals surface area contributed by atoms with Gasteiger partial charge >= 0.3 is 0 Å². The second-order valence-corrected chi connectivity index (χ2v) is 4.55. The molecular weight excluding hydrogens is 176 g/mol. The Morgan fingerprint density at radius 1 is 1.14 bits per heavy atom. The molecule has 0 spiro atoms. The van der Waals surface area contributed by atoms with Gasteiger partial charge in [-0.1, -0.05) is 20.8 Å². The van der Waals surface area contributed by atoms with Crippen LogP contribution in [-0.4, -0.2) is 19.6 Å². The van der Waals surface area contributed by atoms with Crippen LogP contribution in [0.25, 0.3) is 5.78 Å². The lowest BCUT2D eigenvalue weighted by atomic mass is 9.93. The number of nitrogens with zero attached hydrogens (tertiary/aromatic N) is 4. The third-order valence-corrected chi connectivity index (χ3v) is 2.10. The molecule has 0 N–H and O–H groups in total. The lowest BCUT2D eigenvalue weighted by Gasteiger charge is -2.13. The average molecular weight is 190 g/mol. The number of fused-ring (bicyclic) bond motifs is 1. The summed E-state index contributed by atoms with van der Waals surface area (Å²) < 4.78 is 1.92. The Bertz CT molecular complexity index is 464. The lowest BCUT2D eigenvalue weighted by molar-refractivity contribution is 0.573. The first-order valence-corrected chi connectivity index (χ1v) is 4.66. The first-order chi connectivity index (χ1) is 6.47. The molecule has 0 atom stereocenters. The maximum atomic E-state index is 4.41. The minimum absolute atomic E-state index is 0.0571. The molecule has 4 nitrogen and oxygen atoms in total. The third-order valence-electron chi connectivity index (χ3n) is 2.10. The normalized spacial score (nSPS) is 12.3. The fourth-order valence-corrected chi connectivity index (χ4v) is 1.26. The van der Waals surface area contributed by atoms with Crippen molar-refractivity contribution in [3.8, 4) is 0 Å². The summed E-state index contributed by atoms with van der Waals surface area (Å²) in [7, 11) is 0. The van der Waals surface area contributed by atoms with E-state index in [2.05, 4.69) is 36.0 Å². The summed E-state index contributed by atoms with van der Waals surface area (Å²) in [6.45, 7) is 8.32. The maximum Gasteiger partial charge on any atom is 0.253 e. The van der Waals surface area contributed by atoms with Crippen molar-refractivity contribution >= 4 is 5.78 Å². The maximum absolute atomic E-state index is 4.41. The summed E-state index contributed by atoms with van der Waals surface area (Å²) in [4.78, 5) is 4.41. The Morgan fingerprint density at radius 3 is 2.50 bits per heavy atom. The van der Waals surface area contributed by atoms with Gasteiger partial charge in [-0.3, -0.25) is 4.40 Å². The summed E-state index contributed by atoms with van der Waals surface area (Å²) in [5, 5.41) is 7.99. The van der Waals surface area contributed by atoms with Gasteiger partial charge in [-0.2, -0.15) is 5.10 Å². The fourth-order valence-electron chi connectivity index (χ4n) is 1.26. The molecule has 0 fully saturated rings. The van der Waals surface area contributed by atoms with Crippen LogP contribution in [0.1, 0.15) is 32.2 Å². The van der Waals surface area contributed by atoms with Crippen molar-refractivity contribution in [2.45, 2.75) is 33.1 Å². The first-order valence-electron chi connectivity index (χ1n) is 4.66. The van der Waals surface area contributed by atoms with E-state index in [0.29, 0.717) is 5.78 Å². The SMILES string of the molecule is Cc1cn2cc(C(C)(C)C)nc2nn1. The van der Waals surface area contributed by atoms with Gasteiger partial charge in [0.1, 0.15) is 0 Å². The van der Waals surface area contributed by atoms with Gasteiger partial charge in [0, 0.05) is 17.8 Å². The molecule has 0 radical (unpaired) electrons. The van der Waals surface area contributed by atoms with Gasteiger partial charge in [0.15, 0.2) is 0 Å². The van der Waals surface area contributed by atoms with Crippen LogP contribution in [0.15, 0.2) is 12.4 Å². The fraction of sp³-hybridized carbons (Fsp3) is 0.500. The number of aromatic nitrogens is 4. The van der Waals surface area contributed by atoms with Crippen molar-refractivity contribution < 1.29 is 0 Å². The Morgan fingerprint density at radius 2 is 1.86 bits per heavy atom. The standard InChI is InChI=1S/C10H14N4/c1-7-5-14-6-8(10(2,3)4)11-9(14)13-12-7/h5-6H,1-4H3. The number of rotatable bonds is 0. The monoisotopic (exact) mass is 190 g/mol. The van der Waals surface area contributed by atoms with E-state index < -0.39 is 0 Å². The third kappa shape index (κ3) is 1.47. The molecule has 2 rings (SSSR count). The number of imidazole rings is 1. The second kappa shape index (κ2) is 2.77. The highest BCUT2D eigenvalue weighted by Gasteiger charge is 2.17. The molecular formula is C10H14N4. The van der Waals surface area contributed by atoms with Crippen LogP contribution < -0.4 is 0 Å². The molecule has 0 unspecified atom stereocenters. The summed E-state index contributed by atoms with van der Waals surface area (Å²) in [5.74, 6) is 0.667. The molecule has 0 bridgehead atoms. The highest BCUT2D eigenvalue weighted by atomic mass is 15.2. The van der Waals surface area contributed by atoms with Crippen LogP contribution in [0.2, 0.25) is 0 Å². The van der Waals surface area contributed by atoms with E-state index in [1.165, 1.54) is 0 Å². The molecule has 2 aromatic heterocycles. The number of aryl methyl sites for hydroxylation is 1. The molecule has 2 aromatic rings. The molecule has 14 heavy (non-hydrogen) atoms. The molecule has 2 heterocycles. The number of hydrogen-bond acceptors (Lipinski definition) is 3. The predicted octanol–water partition coefficient (Wildman–Crippen LogP) is 1.73. The highest BCUT2D eigenvalue weighted by molar-refractivity contribution is 5.31. The van der Waals surface area contributed by atoms with Gasteiger partial charge in [0.25, 0.3) is 5.78 Å². The lowest BCUT2D eigenvalue weighted by Crippen LogP contribution is -2.11. The van der Waals surface area contributed by atoms with Crippen molar-refractivity contribution in [3.63, 3.8) is 0 Å². The topological polar surface area (TPSA) is 43.1 Å². The van der Waals surface area contributed by atoms with Crippen molar-refractivity contribution in [1.82, 2.24) is 19.6 Å².